The van der Waals surface area contributed by atoms with Crippen LogP contribution in [0.5, 0.6) is 0 Å². The van der Waals surface area contributed by atoms with Gasteiger partial charge < -0.3 is 11.1 Å². The van der Waals surface area contributed by atoms with Crippen molar-refractivity contribution in [3.63, 3.8) is 0 Å². The first-order chi connectivity index (χ1) is 9.63. The molecule has 20 heavy (non-hydrogen) atoms. The molecule has 1 heterocycles. The minimum Gasteiger partial charge on any atom is -0.329 e. The molecule has 1 aromatic carbocycles. The van der Waals surface area contributed by atoms with Crippen molar-refractivity contribution in [1.29, 1.82) is 5.26 Å². The van der Waals surface area contributed by atoms with Crippen LogP contribution in [0.4, 0.5) is 5.69 Å². The van der Waals surface area contributed by atoms with Gasteiger partial charge in [0.15, 0.2) is 5.69 Å². The van der Waals surface area contributed by atoms with E-state index in [1.165, 1.54) is 16.9 Å². The summed E-state index contributed by atoms with van der Waals surface area (Å²) in [5, 5.41) is 19.3. The second-order valence-electron chi connectivity index (χ2n) is 3.92. The van der Waals surface area contributed by atoms with Crippen LogP contribution in [0.3, 0.4) is 0 Å². The zero-order valence-electron chi connectivity index (χ0n) is 10.4. The van der Waals surface area contributed by atoms with Crippen LogP contribution < -0.4 is 11.1 Å². The van der Waals surface area contributed by atoms with E-state index in [9.17, 15) is 4.79 Å². The summed E-state index contributed by atoms with van der Waals surface area (Å²) >= 11 is 5.82. The third kappa shape index (κ3) is 3.12. The van der Waals surface area contributed by atoms with E-state index in [0.29, 0.717) is 23.8 Å². The summed E-state index contributed by atoms with van der Waals surface area (Å²) in [6, 6.07) is 6.58. The second kappa shape index (κ2) is 6.14. The monoisotopic (exact) mass is 290 g/mol. The average Bonchev–Trinajstić information content (AvgIpc) is 2.90. The highest BCUT2D eigenvalue weighted by atomic mass is 35.5. The molecule has 2 rings (SSSR count). The number of carbonyl (C=O) groups excluding carboxylic acids is 1. The van der Waals surface area contributed by atoms with Crippen molar-refractivity contribution in [2.45, 2.75) is 6.54 Å². The van der Waals surface area contributed by atoms with E-state index in [1.807, 2.05) is 6.07 Å². The van der Waals surface area contributed by atoms with Crippen LogP contribution in [0.25, 0.3) is 0 Å². The summed E-state index contributed by atoms with van der Waals surface area (Å²) in [4.78, 5) is 11.9. The number of nitrogens with zero attached hydrogens (tertiary/aromatic N) is 4. The van der Waals surface area contributed by atoms with Gasteiger partial charge in [-0.3, -0.25) is 9.48 Å². The molecule has 0 aliphatic carbocycles. The van der Waals surface area contributed by atoms with Crippen LogP contribution in [-0.4, -0.2) is 27.4 Å². The summed E-state index contributed by atoms with van der Waals surface area (Å²) in [6.45, 7) is 0.896. The molecule has 0 saturated carbocycles. The highest BCUT2D eigenvalue weighted by Crippen LogP contribution is 2.19. The van der Waals surface area contributed by atoms with Crippen molar-refractivity contribution in [1.82, 2.24) is 15.0 Å². The molecule has 0 fully saturated rings. The first kappa shape index (κ1) is 14.0. The Hall–Kier alpha value is -2.43. The predicted molar refractivity (Wildman–Crippen MR) is 73.2 cm³/mol. The van der Waals surface area contributed by atoms with Crippen molar-refractivity contribution in [3.8, 4) is 6.07 Å². The molecule has 0 unspecified atom stereocenters. The van der Waals surface area contributed by atoms with Crippen LogP contribution >= 0.6 is 11.6 Å². The largest absolute Gasteiger partial charge is 0.329 e. The molecule has 0 radical (unpaired) electrons. The number of hydrogen-bond donors (Lipinski definition) is 2. The molecule has 0 atom stereocenters. The number of benzene rings is 1. The predicted octanol–water partition coefficient (Wildman–Crippen LogP) is 1.01. The standard InChI is InChI=1S/C12H11ClN6O/c13-10-2-1-9(5-8(10)6-15)16-12(20)11-7-19(4-3-14)18-17-11/h1-2,5,7H,3-4,14H2,(H,16,20). The van der Waals surface area contributed by atoms with Crippen molar-refractivity contribution in [2.24, 2.45) is 5.73 Å². The van der Waals surface area contributed by atoms with E-state index in [0.717, 1.165) is 0 Å². The topological polar surface area (TPSA) is 110 Å². The Balaban J connectivity index is 2.13. The fraction of sp³-hybridized carbons (Fsp3) is 0.167. The number of nitriles is 1. The van der Waals surface area contributed by atoms with Gasteiger partial charge in [-0.15, -0.1) is 5.10 Å². The molecule has 8 heteroatoms. The summed E-state index contributed by atoms with van der Waals surface area (Å²) < 4.78 is 1.48. The maximum absolute atomic E-state index is 11.9. The quantitative estimate of drug-likeness (QED) is 0.873. The van der Waals surface area contributed by atoms with Gasteiger partial charge in [0.2, 0.25) is 0 Å². The van der Waals surface area contributed by atoms with E-state index >= 15 is 0 Å². The first-order valence-corrected chi connectivity index (χ1v) is 6.13. The van der Waals surface area contributed by atoms with Crippen LogP contribution in [0, 0.1) is 11.3 Å². The number of amides is 1. The van der Waals surface area contributed by atoms with Gasteiger partial charge in [0.25, 0.3) is 5.91 Å². The third-order valence-electron chi connectivity index (χ3n) is 2.47. The van der Waals surface area contributed by atoms with E-state index in [4.69, 9.17) is 22.6 Å². The average molecular weight is 291 g/mol. The minimum absolute atomic E-state index is 0.173. The van der Waals surface area contributed by atoms with Crippen LogP contribution in [0.15, 0.2) is 24.4 Å². The van der Waals surface area contributed by atoms with Crippen molar-refractivity contribution in [3.05, 3.63) is 40.7 Å². The molecule has 1 aromatic heterocycles. The maximum atomic E-state index is 11.9. The van der Waals surface area contributed by atoms with Gasteiger partial charge in [-0.2, -0.15) is 5.26 Å². The number of anilines is 1. The number of nitrogens with one attached hydrogen (secondary N) is 1. The first-order valence-electron chi connectivity index (χ1n) is 5.75. The Bertz CT molecular complexity index is 675. The number of hydrogen-bond acceptors (Lipinski definition) is 5. The fourth-order valence-corrected chi connectivity index (χ4v) is 1.69. The number of nitrogens with two attached hydrogens (primary N) is 1. The minimum atomic E-state index is -0.417. The molecular weight excluding hydrogens is 280 g/mol. The SMILES string of the molecule is N#Cc1cc(NC(=O)c2cn(CCN)nn2)ccc1Cl. The second-order valence-corrected chi connectivity index (χ2v) is 4.32. The van der Waals surface area contributed by atoms with Gasteiger partial charge in [0.1, 0.15) is 6.07 Å². The lowest BCUT2D eigenvalue weighted by Crippen LogP contribution is -2.13. The van der Waals surface area contributed by atoms with Gasteiger partial charge in [-0.25, -0.2) is 0 Å². The van der Waals surface area contributed by atoms with E-state index < -0.39 is 5.91 Å². The molecule has 0 saturated heterocycles. The van der Waals surface area contributed by atoms with Crippen LogP contribution in [0.2, 0.25) is 5.02 Å². The molecule has 1 amide bonds. The molecule has 0 bridgehead atoms. The summed E-state index contributed by atoms with van der Waals surface area (Å²) in [5.74, 6) is -0.417. The molecule has 3 N–H and O–H groups in total. The van der Waals surface area contributed by atoms with E-state index in [2.05, 4.69) is 15.6 Å². The van der Waals surface area contributed by atoms with Crippen molar-refractivity contribution < 1.29 is 4.79 Å². The molecule has 0 aliphatic heterocycles. The lowest BCUT2D eigenvalue weighted by atomic mass is 10.2. The lowest BCUT2D eigenvalue weighted by molar-refractivity contribution is 0.102. The Morgan fingerprint density at radius 2 is 2.35 bits per heavy atom. The van der Waals surface area contributed by atoms with Gasteiger partial charge in [0.05, 0.1) is 23.3 Å². The Labute approximate surface area is 119 Å². The molecule has 2 aromatic rings. The Kier molecular flexibility index (Phi) is 4.30. The normalized spacial score (nSPS) is 10.1. The van der Waals surface area contributed by atoms with Gasteiger partial charge >= 0.3 is 0 Å². The Morgan fingerprint density at radius 3 is 3.05 bits per heavy atom. The lowest BCUT2D eigenvalue weighted by Gasteiger charge is -2.03. The summed E-state index contributed by atoms with van der Waals surface area (Å²) in [6.07, 6.45) is 1.50. The van der Waals surface area contributed by atoms with Crippen LogP contribution in [-0.2, 0) is 6.54 Å². The number of aromatic nitrogens is 3. The smallest absolute Gasteiger partial charge is 0.277 e. The number of carbonyl (C=O) groups is 1. The molecule has 7 nitrogen and oxygen atoms in total. The van der Waals surface area contributed by atoms with Crippen molar-refractivity contribution >= 4 is 23.2 Å². The molecule has 102 valence electrons. The van der Waals surface area contributed by atoms with Gasteiger partial charge in [-0.1, -0.05) is 16.8 Å². The molecule has 0 spiro atoms. The highest BCUT2D eigenvalue weighted by molar-refractivity contribution is 6.31. The highest BCUT2D eigenvalue weighted by Gasteiger charge is 2.11. The Morgan fingerprint density at radius 1 is 1.55 bits per heavy atom. The fourth-order valence-electron chi connectivity index (χ4n) is 1.53. The van der Waals surface area contributed by atoms with E-state index in [-0.39, 0.29) is 11.3 Å². The van der Waals surface area contributed by atoms with E-state index in [1.54, 1.807) is 12.1 Å². The number of rotatable bonds is 4. The molecular formula is C12H11ClN6O. The van der Waals surface area contributed by atoms with Crippen LogP contribution in [0.1, 0.15) is 16.1 Å². The zero-order valence-corrected chi connectivity index (χ0v) is 11.1. The number of halogens is 1. The summed E-state index contributed by atoms with van der Waals surface area (Å²) in [7, 11) is 0. The zero-order chi connectivity index (χ0) is 14.5. The van der Waals surface area contributed by atoms with Gasteiger partial charge in [0, 0.05) is 12.2 Å². The van der Waals surface area contributed by atoms with Gasteiger partial charge in [-0.05, 0) is 18.2 Å². The maximum Gasteiger partial charge on any atom is 0.277 e. The molecule has 0 aliphatic rings. The summed E-state index contributed by atoms with van der Waals surface area (Å²) in [5.41, 5.74) is 6.31. The third-order valence-corrected chi connectivity index (χ3v) is 2.80. The van der Waals surface area contributed by atoms with Crippen molar-refractivity contribution in [2.75, 3.05) is 11.9 Å².